The molecule has 0 radical (unpaired) electrons. The zero-order valence-electron chi connectivity index (χ0n) is 28.8. The Labute approximate surface area is 288 Å². The van der Waals surface area contributed by atoms with Crippen LogP contribution in [-0.4, -0.2) is 27.5 Å². The molecule has 6 heteroatoms. The number of esters is 1. The van der Waals surface area contributed by atoms with Crippen molar-refractivity contribution in [3.63, 3.8) is 0 Å². The summed E-state index contributed by atoms with van der Waals surface area (Å²) in [6.45, 7) is 10.9. The molecule has 3 aromatic rings. The lowest BCUT2D eigenvalue weighted by Gasteiger charge is -2.43. The molecule has 0 aliphatic carbocycles. The highest BCUT2D eigenvalue weighted by atomic mass is 79.9. The van der Waals surface area contributed by atoms with E-state index in [-0.39, 0.29) is 11.0 Å². The molecule has 0 heterocycles. The molecule has 4 nitrogen and oxygen atoms in total. The number of halogens is 1. The van der Waals surface area contributed by atoms with E-state index in [1.165, 1.54) is 42.5 Å². The van der Waals surface area contributed by atoms with Crippen LogP contribution in [0.5, 0.6) is 5.75 Å². The van der Waals surface area contributed by atoms with E-state index in [2.05, 4.69) is 110 Å². The third kappa shape index (κ3) is 12.3. The first kappa shape index (κ1) is 38.0. The molecule has 0 unspecified atom stereocenters. The number of benzene rings is 3. The van der Waals surface area contributed by atoms with Crippen molar-refractivity contribution >= 4 is 40.6 Å². The standard InChI is InChI=1S/C40H57BrO4Si/c1-5-6-7-8-9-12-22-31-44-39(42)27-20-11-10-13-21-30-43-38-29-28-35(41)32-34(38)33-45-46(40(2,3)4,36-23-16-14-17-24-36)37-25-18-15-19-26-37/h14-19,23-26,28-29,32H,5-13,20-22,27,30-31,33H2,1-4H3. The van der Waals surface area contributed by atoms with Crippen molar-refractivity contribution in [3.8, 4) is 5.75 Å². The van der Waals surface area contributed by atoms with Gasteiger partial charge in [0, 0.05) is 16.5 Å². The highest BCUT2D eigenvalue weighted by Gasteiger charge is 2.50. The number of rotatable bonds is 22. The second-order valence-corrected chi connectivity index (χ2v) is 18.6. The minimum atomic E-state index is -2.66. The monoisotopic (exact) mass is 708 g/mol. The third-order valence-corrected chi connectivity index (χ3v) is 14.2. The average molecular weight is 710 g/mol. The highest BCUT2D eigenvalue weighted by molar-refractivity contribution is 9.10. The summed E-state index contributed by atoms with van der Waals surface area (Å²) < 4.78 is 20.0. The minimum absolute atomic E-state index is 0.0441. The molecule has 0 amide bonds. The number of carbonyl (C=O) groups excluding carboxylic acids is 1. The summed E-state index contributed by atoms with van der Waals surface area (Å²) in [6, 6.07) is 27.7. The number of carbonyl (C=O) groups is 1. The largest absolute Gasteiger partial charge is 0.493 e. The van der Waals surface area contributed by atoms with E-state index in [1.807, 2.05) is 12.1 Å². The van der Waals surface area contributed by atoms with Crippen LogP contribution in [0.4, 0.5) is 0 Å². The first-order chi connectivity index (χ1) is 22.3. The fourth-order valence-corrected chi connectivity index (χ4v) is 11.1. The van der Waals surface area contributed by atoms with Gasteiger partial charge in [0.05, 0.1) is 19.8 Å². The lowest BCUT2D eigenvalue weighted by Crippen LogP contribution is -2.66. The van der Waals surface area contributed by atoms with E-state index >= 15 is 0 Å². The van der Waals surface area contributed by atoms with Gasteiger partial charge in [-0.3, -0.25) is 4.79 Å². The summed E-state index contributed by atoms with van der Waals surface area (Å²) in [5.74, 6) is 0.835. The molecule has 0 aromatic heterocycles. The Morgan fingerprint density at radius 2 is 1.24 bits per heavy atom. The molecule has 0 atom stereocenters. The minimum Gasteiger partial charge on any atom is -0.493 e. The molecule has 46 heavy (non-hydrogen) atoms. The lowest BCUT2D eigenvalue weighted by atomic mass is 10.1. The summed E-state index contributed by atoms with van der Waals surface area (Å²) >= 11 is 3.67. The summed E-state index contributed by atoms with van der Waals surface area (Å²) in [5.41, 5.74) is 1.05. The first-order valence-corrected chi connectivity index (χ1v) is 20.3. The normalized spacial score (nSPS) is 11.8. The third-order valence-electron chi connectivity index (χ3n) is 8.68. The van der Waals surface area contributed by atoms with Crippen LogP contribution in [0.25, 0.3) is 0 Å². The van der Waals surface area contributed by atoms with E-state index in [0.717, 1.165) is 60.7 Å². The first-order valence-electron chi connectivity index (χ1n) is 17.6. The quantitative estimate of drug-likeness (QED) is 0.0592. The van der Waals surface area contributed by atoms with Gasteiger partial charge in [-0.05, 0) is 52.9 Å². The maximum atomic E-state index is 12.0. The van der Waals surface area contributed by atoms with Crippen LogP contribution in [0.15, 0.2) is 83.3 Å². The number of ether oxygens (including phenoxy) is 2. The van der Waals surface area contributed by atoms with Crippen molar-refractivity contribution in [3.05, 3.63) is 88.9 Å². The van der Waals surface area contributed by atoms with Gasteiger partial charge in [-0.2, -0.15) is 0 Å². The van der Waals surface area contributed by atoms with Gasteiger partial charge >= 0.3 is 5.97 Å². The van der Waals surface area contributed by atoms with Crippen LogP contribution >= 0.6 is 15.9 Å². The van der Waals surface area contributed by atoms with Crippen molar-refractivity contribution in [2.45, 2.75) is 123 Å². The number of hydrogen-bond acceptors (Lipinski definition) is 4. The molecule has 0 bridgehead atoms. The summed E-state index contributed by atoms with van der Waals surface area (Å²) in [5, 5.41) is 2.45. The van der Waals surface area contributed by atoms with Crippen molar-refractivity contribution in [2.75, 3.05) is 13.2 Å². The maximum absolute atomic E-state index is 12.0. The molecule has 0 saturated heterocycles. The van der Waals surface area contributed by atoms with Crippen molar-refractivity contribution < 1.29 is 18.7 Å². The maximum Gasteiger partial charge on any atom is 0.305 e. The molecule has 0 saturated carbocycles. The van der Waals surface area contributed by atoms with Crippen LogP contribution in [0.3, 0.4) is 0 Å². The van der Waals surface area contributed by atoms with Gasteiger partial charge in [-0.1, -0.05) is 162 Å². The highest BCUT2D eigenvalue weighted by Crippen LogP contribution is 2.38. The van der Waals surface area contributed by atoms with Gasteiger partial charge in [-0.25, -0.2) is 0 Å². The topological polar surface area (TPSA) is 44.8 Å². The Balaban J connectivity index is 1.45. The zero-order chi connectivity index (χ0) is 33.1. The van der Waals surface area contributed by atoms with Gasteiger partial charge in [-0.15, -0.1) is 0 Å². The van der Waals surface area contributed by atoms with Crippen molar-refractivity contribution in [1.82, 2.24) is 0 Å². The Morgan fingerprint density at radius 1 is 0.696 bits per heavy atom. The van der Waals surface area contributed by atoms with Crippen LogP contribution < -0.4 is 15.1 Å². The summed E-state index contributed by atoms with van der Waals surface area (Å²) in [4.78, 5) is 12.0. The second kappa shape index (κ2) is 20.7. The van der Waals surface area contributed by atoms with Gasteiger partial charge in [0.25, 0.3) is 8.32 Å². The fraction of sp³-hybridized carbons (Fsp3) is 0.525. The Morgan fingerprint density at radius 3 is 1.83 bits per heavy atom. The van der Waals surface area contributed by atoms with Crippen LogP contribution in [0, 0.1) is 0 Å². The van der Waals surface area contributed by atoms with E-state index < -0.39 is 8.32 Å². The van der Waals surface area contributed by atoms with Gasteiger partial charge in [0.2, 0.25) is 0 Å². The molecule has 0 aliphatic heterocycles. The van der Waals surface area contributed by atoms with Gasteiger partial charge in [0.15, 0.2) is 0 Å². The van der Waals surface area contributed by atoms with E-state index in [1.54, 1.807) is 0 Å². The van der Waals surface area contributed by atoms with Crippen LogP contribution in [0.2, 0.25) is 5.04 Å². The SMILES string of the molecule is CCCCCCCCCOC(=O)CCCCCCCOc1ccc(Br)cc1CO[Si](c1ccccc1)(c1ccccc1)C(C)(C)C. The Hall–Kier alpha value is -2.41. The molecular formula is C40H57BrO4Si. The molecule has 252 valence electrons. The van der Waals surface area contributed by atoms with E-state index in [4.69, 9.17) is 13.9 Å². The molecule has 0 fully saturated rings. The fourth-order valence-electron chi connectivity index (χ4n) is 6.15. The lowest BCUT2D eigenvalue weighted by molar-refractivity contribution is -0.143. The second-order valence-electron chi connectivity index (χ2n) is 13.4. The van der Waals surface area contributed by atoms with Crippen LogP contribution in [0.1, 0.15) is 117 Å². The molecule has 0 spiro atoms. The van der Waals surface area contributed by atoms with E-state index in [0.29, 0.717) is 26.2 Å². The molecule has 3 rings (SSSR count). The molecule has 0 aliphatic rings. The molecule has 0 N–H and O–H groups in total. The number of unbranched alkanes of at least 4 members (excludes halogenated alkanes) is 10. The number of hydrogen-bond donors (Lipinski definition) is 0. The van der Waals surface area contributed by atoms with Gasteiger partial charge < -0.3 is 13.9 Å². The Bertz CT molecular complexity index is 1220. The summed E-state index contributed by atoms with van der Waals surface area (Å²) in [6.07, 6.45) is 14.3. The molecule has 3 aromatic carbocycles. The van der Waals surface area contributed by atoms with Crippen LogP contribution in [-0.2, 0) is 20.6 Å². The van der Waals surface area contributed by atoms with Crippen molar-refractivity contribution in [2.24, 2.45) is 0 Å². The predicted octanol–water partition coefficient (Wildman–Crippen LogP) is 10.5. The van der Waals surface area contributed by atoms with Gasteiger partial charge in [0.1, 0.15) is 5.75 Å². The zero-order valence-corrected chi connectivity index (χ0v) is 31.4. The Kier molecular flexibility index (Phi) is 17.2. The van der Waals surface area contributed by atoms with E-state index in [9.17, 15) is 4.79 Å². The summed E-state index contributed by atoms with van der Waals surface area (Å²) in [7, 11) is -2.66. The predicted molar refractivity (Wildman–Crippen MR) is 199 cm³/mol. The smallest absolute Gasteiger partial charge is 0.305 e. The van der Waals surface area contributed by atoms with Crippen molar-refractivity contribution in [1.29, 1.82) is 0 Å². The molecular weight excluding hydrogens is 652 g/mol. The average Bonchev–Trinajstić information content (AvgIpc) is 3.05.